The number of hydroxylamine groups is 1. The summed E-state index contributed by atoms with van der Waals surface area (Å²) in [6, 6.07) is 12.4. The van der Waals surface area contributed by atoms with Gasteiger partial charge in [0.25, 0.3) is 15.9 Å². The zero-order valence-corrected chi connectivity index (χ0v) is 16.0. The number of carbonyl (C=O) groups is 1. The van der Waals surface area contributed by atoms with Crippen LogP contribution in [0.25, 0.3) is 17.2 Å². The first-order valence-corrected chi connectivity index (χ1v) is 9.90. The van der Waals surface area contributed by atoms with Crippen molar-refractivity contribution in [1.82, 2.24) is 9.45 Å². The maximum absolute atomic E-state index is 13.7. The van der Waals surface area contributed by atoms with Crippen molar-refractivity contribution in [3.05, 3.63) is 84.2 Å². The van der Waals surface area contributed by atoms with E-state index >= 15 is 0 Å². The fourth-order valence-corrected chi connectivity index (χ4v) is 4.46. The number of halogens is 3. The number of aromatic nitrogens is 1. The number of rotatable bonds is 5. The molecule has 0 saturated carbocycles. The average Bonchev–Trinajstić information content (AvgIpc) is 3.21. The number of hydrogen-bond donors (Lipinski definition) is 2. The third kappa shape index (κ3) is 4.29. The summed E-state index contributed by atoms with van der Waals surface area (Å²) in [5.41, 5.74) is 0.545. The molecule has 156 valence electrons. The zero-order chi connectivity index (χ0) is 21.9. The molecule has 0 radical (unpaired) electrons. The summed E-state index contributed by atoms with van der Waals surface area (Å²) < 4.78 is 68.2. The van der Waals surface area contributed by atoms with Gasteiger partial charge in [-0.15, -0.1) is 0 Å². The van der Waals surface area contributed by atoms with Gasteiger partial charge >= 0.3 is 6.18 Å². The van der Waals surface area contributed by atoms with Gasteiger partial charge in [0.05, 0.1) is 5.56 Å². The summed E-state index contributed by atoms with van der Waals surface area (Å²) in [7, 11) is -4.64. The fourth-order valence-electron chi connectivity index (χ4n) is 2.84. The number of nitrogens with zero attached hydrogens (tertiary/aromatic N) is 1. The summed E-state index contributed by atoms with van der Waals surface area (Å²) in [6.45, 7) is 0. The van der Waals surface area contributed by atoms with E-state index < -0.39 is 32.6 Å². The molecule has 0 fully saturated rings. The van der Waals surface area contributed by atoms with E-state index in [0.29, 0.717) is 9.54 Å². The van der Waals surface area contributed by atoms with Gasteiger partial charge in [0, 0.05) is 24.0 Å². The molecule has 3 rings (SSSR count). The molecule has 1 heterocycles. The minimum Gasteiger partial charge on any atom is -0.288 e. The zero-order valence-electron chi connectivity index (χ0n) is 15.2. The molecule has 1 amide bonds. The van der Waals surface area contributed by atoms with E-state index in [-0.39, 0.29) is 11.1 Å². The van der Waals surface area contributed by atoms with Gasteiger partial charge in [-0.25, -0.2) is 17.9 Å². The molecule has 3 aromatic rings. The SMILES string of the molecule is O=C(/C=C/c1ccn(S(=O)(=O)c2c(-c3ccccc3)cccc2C(F)(F)F)c1)NO. The Balaban J connectivity index is 2.20. The predicted molar refractivity (Wildman–Crippen MR) is 103 cm³/mol. The summed E-state index contributed by atoms with van der Waals surface area (Å²) in [5, 5.41) is 8.48. The van der Waals surface area contributed by atoms with E-state index in [0.717, 1.165) is 30.6 Å². The second-order valence-corrected chi connectivity index (χ2v) is 7.92. The van der Waals surface area contributed by atoms with Gasteiger partial charge in [0.1, 0.15) is 4.90 Å². The topological polar surface area (TPSA) is 88.4 Å². The highest BCUT2D eigenvalue weighted by molar-refractivity contribution is 7.90. The molecule has 0 unspecified atom stereocenters. The van der Waals surface area contributed by atoms with Crippen LogP contribution in [0, 0.1) is 0 Å². The molecule has 0 saturated heterocycles. The van der Waals surface area contributed by atoms with Crippen LogP contribution in [-0.4, -0.2) is 23.5 Å². The monoisotopic (exact) mass is 436 g/mol. The first-order valence-electron chi connectivity index (χ1n) is 8.46. The van der Waals surface area contributed by atoms with Crippen LogP contribution in [0.4, 0.5) is 13.2 Å². The molecule has 0 aliphatic carbocycles. The van der Waals surface area contributed by atoms with Crippen LogP contribution >= 0.6 is 0 Å². The number of alkyl halides is 3. The van der Waals surface area contributed by atoms with E-state index in [1.807, 2.05) is 0 Å². The van der Waals surface area contributed by atoms with E-state index in [4.69, 9.17) is 5.21 Å². The van der Waals surface area contributed by atoms with Gasteiger partial charge in [-0.05, 0) is 29.3 Å². The number of benzene rings is 2. The lowest BCUT2D eigenvalue weighted by molar-refractivity contribution is -0.139. The maximum atomic E-state index is 13.7. The molecule has 0 aliphatic heterocycles. The molecule has 0 spiro atoms. The standard InChI is InChI=1S/C20H15F3N2O4S/c21-20(22,23)17-8-4-7-16(15-5-2-1-3-6-15)19(17)30(28,29)25-12-11-14(13-25)9-10-18(26)24-27/h1-13,27H,(H,24,26)/b10-9+. The maximum Gasteiger partial charge on any atom is 0.417 e. The van der Waals surface area contributed by atoms with E-state index in [1.54, 1.807) is 18.2 Å². The van der Waals surface area contributed by atoms with Crippen LogP contribution in [-0.2, 0) is 21.0 Å². The smallest absolute Gasteiger partial charge is 0.288 e. The van der Waals surface area contributed by atoms with Crippen LogP contribution in [0.2, 0.25) is 0 Å². The van der Waals surface area contributed by atoms with Gasteiger partial charge in [-0.1, -0.05) is 42.5 Å². The Labute approximate surface area is 169 Å². The normalized spacial score (nSPS) is 12.3. The van der Waals surface area contributed by atoms with Crippen LogP contribution in [0.3, 0.4) is 0 Å². The number of nitrogens with one attached hydrogen (secondary N) is 1. The lowest BCUT2D eigenvalue weighted by atomic mass is 10.0. The summed E-state index contributed by atoms with van der Waals surface area (Å²) in [5.74, 6) is -0.848. The summed E-state index contributed by atoms with van der Waals surface area (Å²) in [6.07, 6.45) is -0.620. The molecular weight excluding hydrogens is 421 g/mol. The minimum absolute atomic E-state index is 0.0872. The molecule has 0 aliphatic rings. The van der Waals surface area contributed by atoms with Crippen molar-refractivity contribution in [2.75, 3.05) is 0 Å². The fraction of sp³-hybridized carbons (Fsp3) is 0.0500. The third-order valence-corrected chi connectivity index (χ3v) is 5.91. The van der Waals surface area contributed by atoms with Crippen molar-refractivity contribution >= 4 is 22.0 Å². The number of amides is 1. The molecule has 0 atom stereocenters. The second kappa shape index (κ2) is 8.17. The van der Waals surface area contributed by atoms with Gasteiger partial charge in [-0.2, -0.15) is 13.2 Å². The van der Waals surface area contributed by atoms with Gasteiger partial charge in [0.2, 0.25) is 0 Å². The largest absolute Gasteiger partial charge is 0.417 e. The Morgan fingerprint density at radius 3 is 2.37 bits per heavy atom. The molecule has 2 N–H and O–H groups in total. The molecular formula is C20H15F3N2O4S. The summed E-state index contributed by atoms with van der Waals surface area (Å²) >= 11 is 0. The number of hydrogen-bond acceptors (Lipinski definition) is 4. The summed E-state index contributed by atoms with van der Waals surface area (Å²) in [4.78, 5) is 10.2. The Kier molecular flexibility index (Phi) is 5.81. The van der Waals surface area contributed by atoms with Gasteiger partial charge in [-0.3, -0.25) is 10.0 Å². The predicted octanol–water partition coefficient (Wildman–Crippen LogP) is 3.93. The van der Waals surface area contributed by atoms with Gasteiger partial charge in [0.15, 0.2) is 0 Å². The van der Waals surface area contributed by atoms with Crippen LogP contribution in [0.15, 0.2) is 78.0 Å². The first kappa shape index (κ1) is 21.3. The number of carbonyl (C=O) groups excluding carboxylic acids is 1. The molecule has 1 aromatic heterocycles. The van der Waals surface area contributed by atoms with Crippen molar-refractivity contribution in [3.63, 3.8) is 0 Å². The van der Waals surface area contributed by atoms with Crippen molar-refractivity contribution in [1.29, 1.82) is 0 Å². The van der Waals surface area contributed by atoms with Crippen molar-refractivity contribution in [2.45, 2.75) is 11.1 Å². The Morgan fingerprint density at radius 1 is 1.03 bits per heavy atom. The highest BCUT2D eigenvalue weighted by Gasteiger charge is 2.39. The Bertz CT molecular complexity index is 1200. The van der Waals surface area contributed by atoms with E-state index in [1.165, 1.54) is 35.8 Å². The lowest BCUT2D eigenvalue weighted by Gasteiger charge is -2.18. The van der Waals surface area contributed by atoms with Gasteiger partial charge < -0.3 is 0 Å². The highest BCUT2D eigenvalue weighted by Crippen LogP contribution is 2.40. The molecule has 30 heavy (non-hydrogen) atoms. The molecule has 0 bridgehead atoms. The molecule has 6 nitrogen and oxygen atoms in total. The molecule has 10 heteroatoms. The van der Waals surface area contributed by atoms with Crippen molar-refractivity contribution in [3.8, 4) is 11.1 Å². The van der Waals surface area contributed by atoms with Crippen LogP contribution in [0.1, 0.15) is 11.1 Å². The minimum atomic E-state index is -4.90. The quantitative estimate of drug-likeness (QED) is 0.360. The van der Waals surface area contributed by atoms with Crippen molar-refractivity contribution in [2.24, 2.45) is 0 Å². The Hall–Kier alpha value is -3.37. The van der Waals surface area contributed by atoms with Crippen LogP contribution in [0.5, 0.6) is 0 Å². The second-order valence-electron chi connectivity index (χ2n) is 6.14. The first-order chi connectivity index (χ1) is 14.1. The average molecular weight is 436 g/mol. The van der Waals surface area contributed by atoms with Crippen molar-refractivity contribution < 1.29 is 31.6 Å². The third-order valence-electron chi connectivity index (χ3n) is 4.17. The highest BCUT2D eigenvalue weighted by atomic mass is 32.2. The lowest BCUT2D eigenvalue weighted by Crippen LogP contribution is -2.19. The van der Waals surface area contributed by atoms with E-state index in [2.05, 4.69) is 0 Å². The van der Waals surface area contributed by atoms with Crippen LogP contribution < -0.4 is 5.48 Å². The van der Waals surface area contributed by atoms with E-state index in [9.17, 15) is 26.4 Å². The Morgan fingerprint density at radius 2 is 1.73 bits per heavy atom. The molecule has 2 aromatic carbocycles.